The Balaban J connectivity index is 2.11. The molecule has 2 aromatic rings. The first kappa shape index (κ1) is 17.0. The number of rotatable bonds is 6. The third-order valence-corrected chi connectivity index (χ3v) is 3.78. The Morgan fingerprint density at radius 3 is 2.74 bits per heavy atom. The molecule has 0 spiro atoms. The second-order valence-electron chi connectivity index (χ2n) is 5.35. The lowest BCUT2D eigenvalue weighted by Crippen LogP contribution is -2.27. The third-order valence-electron chi connectivity index (χ3n) is 3.78. The van der Waals surface area contributed by atoms with E-state index in [1.807, 2.05) is 13.8 Å². The van der Waals surface area contributed by atoms with Crippen LogP contribution in [0, 0.1) is 12.7 Å². The predicted octanol–water partition coefficient (Wildman–Crippen LogP) is 3.31. The van der Waals surface area contributed by atoms with Crippen LogP contribution in [0.2, 0.25) is 0 Å². The van der Waals surface area contributed by atoms with Crippen molar-refractivity contribution in [1.29, 1.82) is 0 Å². The Morgan fingerprint density at radius 1 is 1.43 bits per heavy atom. The molecule has 0 saturated carbocycles. The lowest BCUT2D eigenvalue weighted by atomic mass is 10.1. The Morgan fingerprint density at radius 2 is 2.17 bits per heavy atom. The molecule has 2 rings (SSSR count). The Labute approximate surface area is 135 Å². The number of H-pyrrole nitrogens is 1. The van der Waals surface area contributed by atoms with Gasteiger partial charge in [-0.05, 0) is 44.9 Å². The van der Waals surface area contributed by atoms with E-state index in [1.54, 1.807) is 26.0 Å². The van der Waals surface area contributed by atoms with Crippen molar-refractivity contribution in [2.45, 2.75) is 40.2 Å². The van der Waals surface area contributed by atoms with Gasteiger partial charge in [-0.2, -0.15) is 5.10 Å². The van der Waals surface area contributed by atoms with Crippen LogP contribution < -0.4 is 10.1 Å². The number of amides is 1. The molecule has 5 nitrogen and oxygen atoms in total. The highest BCUT2D eigenvalue weighted by molar-refractivity contribution is 5.94. The maximum Gasteiger partial charge on any atom is 0.272 e. The van der Waals surface area contributed by atoms with Gasteiger partial charge in [0.15, 0.2) is 17.3 Å². The molecule has 2 N–H and O–H groups in total. The number of aromatic amines is 1. The summed E-state index contributed by atoms with van der Waals surface area (Å²) in [6, 6.07) is 4.36. The minimum atomic E-state index is -0.435. The van der Waals surface area contributed by atoms with E-state index in [9.17, 15) is 9.18 Å². The normalized spacial score (nSPS) is 12.0. The van der Waals surface area contributed by atoms with Crippen molar-refractivity contribution in [3.05, 3.63) is 46.5 Å². The highest BCUT2D eigenvalue weighted by Crippen LogP contribution is 2.22. The summed E-state index contributed by atoms with van der Waals surface area (Å²) in [5.74, 6) is -0.500. The second-order valence-corrected chi connectivity index (χ2v) is 5.35. The van der Waals surface area contributed by atoms with Gasteiger partial charge in [-0.3, -0.25) is 9.89 Å². The van der Waals surface area contributed by atoms with Gasteiger partial charge >= 0.3 is 0 Å². The van der Waals surface area contributed by atoms with Crippen LogP contribution in [0.3, 0.4) is 0 Å². The van der Waals surface area contributed by atoms with E-state index in [0.717, 1.165) is 17.7 Å². The molecule has 1 atom stereocenters. The number of nitrogens with one attached hydrogen (secondary N) is 2. The molecule has 1 aromatic carbocycles. The molecule has 0 aliphatic carbocycles. The quantitative estimate of drug-likeness (QED) is 0.858. The molecule has 1 heterocycles. The van der Waals surface area contributed by atoms with Gasteiger partial charge < -0.3 is 10.1 Å². The highest BCUT2D eigenvalue weighted by Gasteiger charge is 2.18. The van der Waals surface area contributed by atoms with Crippen LogP contribution in [0.5, 0.6) is 5.75 Å². The lowest BCUT2D eigenvalue weighted by molar-refractivity contribution is 0.0934. The Bertz CT molecular complexity index is 697. The standard InChI is InChI=1S/C17H22FN3O2/c1-5-14-10(3)16(21-20-14)17(22)19-11(4)12-7-8-15(23-6-2)13(18)9-12/h7-9,11H,5-6H2,1-4H3,(H,19,22)(H,20,21)/t11-/m0/s1. The zero-order valence-corrected chi connectivity index (χ0v) is 13.9. The molecular weight excluding hydrogens is 297 g/mol. The summed E-state index contributed by atoms with van der Waals surface area (Å²) >= 11 is 0. The van der Waals surface area contributed by atoms with Gasteiger partial charge in [0.2, 0.25) is 0 Å². The van der Waals surface area contributed by atoms with Gasteiger partial charge in [-0.25, -0.2) is 4.39 Å². The van der Waals surface area contributed by atoms with E-state index in [-0.39, 0.29) is 17.7 Å². The SMILES string of the molecule is CCOc1ccc([C@H](C)NC(=O)c2n[nH]c(CC)c2C)cc1F. The first-order valence-electron chi connectivity index (χ1n) is 7.74. The maximum atomic E-state index is 13.9. The number of ether oxygens (including phenoxy) is 1. The lowest BCUT2D eigenvalue weighted by Gasteiger charge is -2.15. The van der Waals surface area contributed by atoms with Crippen LogP contribution in [-0.4, -0.2) is 22.7 Å². The van der Waals surface area contributed by atoms with E-state index >= 15 is 0 Å². The number of hydrogen-bond donors (Lipinski definition) is 2. The van der Waals surface area contributed by atoms with E-state index in [2.05, 4.69) is 15.5 Å². The van der Waals surface area contributed by atoms with Gasteiger partial charge in [0, 0.05) is 11.3 Å². The fourth-order valence-corrected chi connectivity index (χ4v) is 2.41. The number of benzene rings is 1. The summed E-state index contributed by atoms with van der Waals surface area (Å²) in [7, 11) is 0. The molecule has 0 saturated heterocycles. The van der Waals surface area contributed by atoms with Crippen LogP contribution in [0.25, 0.3) is 0 Å². The smallest absolute Gasteiger partial charge is 0.272 e. The summed E-state index contributed by atoms with van der Waals surface area (Å²) in [6.45, 7) is 7.86. The van der Waals surface area contributed by atoms with Crippen molar-refractivity contribution in [3.8, 4) is 5.75 Å². The van der Waals surface area contributed by atoms with E-state index in [4.69, 9.17) is 4.74 Å². The molecule has 0 bridgehead atoms. The fraction of sp³-hybridized carbons (Fsp3) is 0.412. The predicted molar refractivity (Wildman–Crippen MR) is 86.2 cm³/mol. The van der Waals surface area contributed by atoms with Gasteiger partial charge in [0.1, 0.15) is 0 Å². The topological polar surface area (TPSA) is 67.0 Å². The number of hydrogen-bond acceptors (Lipinski definition) is 3. The van der Waals surface area contributed by atoms with Crippen LogP contribution in [0.4, 0.5) is 4.39 Å². The van der Waals surface area contributed by atoms with E-state index < -0.39 is 5.82 Å². The molecule has 0 unspecified atom stereocenters. The van der Waals surface area contributed by atoms with Gasteiger partial charge in [0.25, 0.3) is 5.91 Å². The van der Waals surface area contributed by atoms with Crippen molar-refractivity contribution in [2.24, 2.45) is 0 Å². The minimum Gasteiger partial charge on any atom is -0.491 e. The van der Waals surface area contributed by atoms with Crippen molar-refractivity contribution >= 4 is 5.91 Å². The summed E-state index contributed by atoms with van der Waals surface area (Å²) in [5, 5.41) is 9.76. The fourth-order valence-electron chi connectivity index (χ4n) is 2.41. The Kier molecular flexibility index (Phi) is 5.36. The van der Waals surface area contributed by atoms with Gasteiger partial charge in [-0.1, -0.05) is 13.0 Å². The number of aromatic nitrogens is 2. The molecule has 6 heteroatoms. The monoisotopic (exact) mass is 319 g/mol. The molecule has 23 heavy (non-hydrogen) atoms. The number of aryl methyl sites for hydroxylation is 1. The van der Waals surface area contributed by atoms with Crippen molar-refractivity contribution in [1.82, 2.24) is 15.5 Å². The van der Waals surface area contributed by atoms with Crippen molar-refractivity contribution in [3.63, 3.8) is 0 Å². The molecular formula is C17H22FN3O2. The molecule has 0 radical (unpaired) electrons. The first-order valence-corrected chi connectivity index (χ1v) is 7.74. The number of carbonyl (C=O) groups excluding carboxylic acids is 1. The summed E-state index contributed by atoms with van der Waals surface area (Å²) in [5.41, 5.74) is 2.83. The largest absolute Gasteiger partial charge is 0.491 e. The average Bonchev–Trinajstić information content (AvgIpc) is 2.90. The molecule has 124 valence electrons. The molecule has 0 aliphatic rings. The van der Waals surface area contributed by atoms with Crippen molar-refractivity contribution < 1.29 is 13.9 Å². The third kappa shape index (κ3) is 3.70. The van der Waals surface area contributed by atoms with Crippen LogP contribution in [-0.2, 0) is 6.42 Å². The van der Waals surface area contributed by atoms with E-state index in [0.29, 0.717) is 17.9 Å². The average molecular weight is 319 g/mol. The van der Waals surface area contributed by atoms with Crippen LogP contribution in [0.15, 0.2) is 18.2 Å². The number of carbonyl (C=O) groups is 1. The van der Waals surface area contributed by atoms with Crippen LogP contribution in [0.1, 0.15) is 54.1 Å². The number of halogens is 1. The molecule has 0 aliphatic heterocycles. The summed E-state index contributed by atoms with van der Waals surface area (Å²) in [4.78, 5) is 12.3. The Hall–Kier alpha value is -2.37. The minimum absolute atomic E-state index is 0.213. The van der Waals surface area contributed by atoms with Crippen molar-refractivity contribution in [2.75, 3.05) is 6.61 Å². The zero-order chi connectivity index (χ0) is 17.0. The molecule has 1 amide bonds. The van der Waals surface area contributed by atoms with Gasteiger partial charge in [0.05, 0.1) is 12.6 Å². The maximum absolute atomic E-state index is 13.9. The second kappa shape index (κ2) is 7.26. The van der Waals surface area contributed by atoms with Crippen LogP contribution >= 0.6 is 0 Å². The summed E-state index contributed by atoms with van der Waals surface area (Å²) < 4.78 is 19.1. The number of nitrogens with zero attached hydrogens (tertiary/aromatic N) is 1. The molecule has 0 fully saturated rings. The molecule has 1 aromatic heterocycles. The summed E-state index contributed by atoms with van der Waals surface area (Å²) in [6.07, 6.45) is 0.784. The highest BCUT2D eigenvalue weighted by atomic mass is 19.1. The van der Waals surface area contributed by atoms with E-state index in [1.165, 1.54) is 6.07 Å². The first-order chi connectivity index (χ1) is 11.0. The van der Waals surface area contributed by atoms with Gasteiger partial charge in [-0.15, -0.1) is 0 Å². The zero-order valence-electron chi connectivity index (χ0n) is 13.9.